The number of hydrogen-bond acceptors (Lipinski definition) is 3. The van der Waals surface area contributed by atoms with E-state index in [-0.39, 0.29) is 5.56 Å². The minimum Gasteiger partial charge on any atom is -0.478 e. The molecule has 0 saturated carbocycles. The first-order chi connectivity index (χ1) is 12.2. The Morgan fingerprint density at radius 1 is 1.00 bits per heavy atom. The summed E-state index contributed by atoms with van der Waals surface area (Å²) in [5.74, 6) is -0.317. The Bertz CT molecular complexity index is 1040. The normalized spacial score (nSPS) is 10.9. The molecule has 4 rings (SSSR count). The molecule has 0 aliphatic rings. The fraction of sp³-hybridized carbons (Fsp3) is 0.0500. The average Bonchev–Trinajstić information content (AvgIpc) is 3.07. The number of aromatic nitrogens is 3. The molecule has 0 bridgehead atoms. The summed E-state index contributed by atoms with van der Waals surface area (Å²) in [5.41, 5.74) is 4.48. The molecule has 2 aromatic heterocycles. The Hall–Kier alpha value is -3.47. The SMILES string of the molecule is O=C(O)c1cccc2[nH]c(-c3ccc(Cc4ccccn4)cc3)nc12. The lowest BCUT2D eigenvalue weighted by Crippen LogP contribution is -1.96. The summed E-state index contributed by atoms with van der Waals surface area (Å²) in [5, 5.41) is 9.28. The predicted octanol–water partition coefficient (Wildman–Crippen LogP) is 3.91. The number of carbonyl (C=O) groups is 1. The first kappa shape index (κ1) is 15.1. The molecule has 0 fully saturated rings. The first-order valence-corrected chi connectivity index (χ1v) is 7.92. The van der Waals surface area contributed by atoms with E-state index in [0.29, 0.717) is 16.9 Å². The summed E-state index contributed by atoms with van der Waals surface area (Å²) >= 11 is 0. The number of imidazole rings is 1. The molecule has 4 aromatic rings. The largest absolute Gasteiger partial charge is 0.478 e. The van der Waals surface area contributed by atoms with Gasteiger partial charge in [0.25, 0.3) is 0 Å². The van der Waals surface area contributed by atoms with Crippen LogP contribution in [0.1, 0.15) is 21.6 Å². The molecule has 0 aliphatic heterocycles. The number of nitrogens with one attached hydrogen (secondary N) is 1. The molecule has 25 heavy (non-hydrogen) atoms. The van der Waals surface area contributed by atoms with Gasteiger partial charge in [0.1, 0.15) is 11.3 Å². The highest BCUT2D eigenvalue weighted by Crippen LogP contribution is 2.23. The number of H-pyrrole nitrogens is 1. The van der Waals surface area contributed by atoms with Crippen LogP contribution in [-0.2, 0) is 6.42 Å². The maximum Gasteiger partial charge on any atom is 0.337 e. The molecular weight excluding hydrogens is 314 g/mol. The van der Waals surface area contributed by atoms with Gasteiger partial charge in [0.2, 0.25) is 0 Å². The number of fused-ring (bicyclic) bond motifs is 1. The van der Waals surface area contributed by atoms with Crippen LogP contribution in [0.5, 0.6) is 0 Å². The predicted molar refractivity (Wildman–Crippen MR) is 95.5 cm³/mol. The van der Waals surface area contributed by atoms with Crippen LogP contribution in [0.4, 0.5) is 0 Å². The van der Waals surface area contributed by atoms with Gasteiger partial charge in [-0.25, -0.2) is 9.78 Å². The highest BCUT2D eigenvalue weighted by molar-refractivity contribution is 6.01. The van der Waals surface area contributed by atoms with Crippen molar-refractivity contribution in [1.82, 2.24) is 15.0 Å². The van der Waals surface area contributed by atoms with Crippen molar-refractivity contribution in [3.63, 3.8) is 0 Å². The molecule has 5 heteroatoms. The molecule has 0 radical (unpaired) electrons. The third kappa shape index (κ3) is 2.99. The van der Waals surface area contributed by atoms with Gasteiger partial charge < -0.3 is 10.1 Å². The smallest absolute Gasteiger partial charge is 0.337 e. The topological polar surface area (TPSA) is 78.9 Å². The number of rotatable bonds is 4. The van der Waals surface area contributed by atoms with Gasteiger partial charge in [0.15, 0.2) is 0 Å². The van der Waals surface area contributed by atoms with E-state index >= 15 is 0 Å². The van der Waals surface area contributed by atoms with Gasteiger partial charge in [-0.1, -0.05) is 36.4 Å². The van der Waals surface area contributed by atoms with E-state index in [2.05, 4.69) is 15.0 Å². The van der Waals surface area contributed by atoms with E-state index in [0.717, 1.165) is 23.2 Å². The number of aromatic amines is 1. The van der Waals surface area contributed by atoms with E-state index in [4.69, 9.17) is 0 Å². The number of aromatic carboxylic acids is 1. The zero-order valence-corrected chi connectivity index (χ0v) is 13.3. The van der Waals surface area contributed by atoms with Crippen molar-refractivity contribution in [2.75, 3.05) is 0 Å². The van der Waals surface area contributed by atoms with Crippen molar-refractivity contribution >= 4 is 17.0 Å². The molecule has 2 heterocycles. The summed E-state index contributed by atoms with van der Waals surface area (Å²) in [6, 6.07) is 19.0. The Labute approximate surface area is 144 Å². The lowest BCUT2D eigenvalue weighted by Gasteiger charge is -2.02. The van der Waals surface area contributed by atoms with Crippen LogP contribution in [0.2, 0.25) is 0 Å². The quantitative estimate of drug-likeness (QED) is 0.595. The highest BCUT2D eigenvalue weighted by atomic mass is 16.4. The zero-order chi connectivity index (χ0) is 17.2. The first-order valence-electron chi connectivity index (χ1n) is 7.92. The minimum absolute atomic E-state index is 0.201. The number of hydrogen-bond donors (Lipinski definition) is 2. The molecule has 122 valence electrons. The number of benzene rings is 2. The number of carboxylic acid groups (broad SMARTS) is 1. The lowest BCUT2D eigenvalue weighted by molar-refractivity contribution is 0.0699. The fourth-order valence-corrected chi connectivity index (χ4v) is 2.83. The number of pyridine rings is 1. The number of carboxylic acids is 1. The number of nitrogens with zero attached hydrogens (tertiary/aromatic N) is 2. The van der Waals surface area contributed by atoms with Crippen molar-refractivity contribution in [3.05, 3.63) is 83.7 Å². The van der Waals surface area contributed by atoms with Crippen LogP contribution in [0, 0.1) is 0 Å². The van der Waals surface area contributed by atoms with Crippen molar-refractivity contribution < 1.29 is 9.90 Å². The molecular formula is C20H15N3O2. The van der Waals surface area contributed by atoms with E-state index in [1.54, 1.807) is 18.3 Å². The van der Waals surface area contributed by atoms with Crippen molar-refractivity contribution in [3.8, 4) is 11.4 Å². The van der Waals surface area contributed by atoms with Crippen LogP contribution < -0.4 is 0 Å². The molecule has 0 amide bonds. The van der Waals surface area contributed by atoms with Gasteiger partial charge >= 0.3 is 5.97 Å². The summed E-state index contributed by atoms with van der Waals surface area (Å²) in [6.45, 7) is 0. The summed E-state index contributed by atoms with van der Waals surface area (Å²) in [6.07, 6.45) is 2.56. The maximum absolute atomic E-state index is 11.3. The monoisotopic (exact) mass is 329 g/mol. The molecule has 2 N–H and O–H groups in total. The molecule has 0 spiro atoms. The van der Waals surface area contributed by atoms with Crippen molar-refractivity contribution in [2.45, 2.75) is 6.42 Å². The second-order valence-electron chi connectivity index (χ2n) is 5.79. The molecule has 5 nitrogen and oxygen atoms in total. The Balaban J connectivity index is 1.65. The van der Waals surface area contributed by atoms with Gasteiger partial charge in [-0.3, -0.25) is 4.98 Å². The maximum atomic E-state index is 11.3. The third-order valence-electron chi connectivity index (χ3n) is 4.08. The van der Waals surface area contributed by atoms with Crippen LogP contribution in [0.3, 0.4) is 0 Å². The molecule has 0 aliphatic carbocycles. The van der Waals surface area contributed by atoms with Gasteiger partial charge in [-0.05, 0) is 29.8 Å². The van der Waals surface area contributed by atoms with E-state index in [1.165, 1.54) is 0 Å². The van der Waals surface area contributed by atoms with E-state index in [1.807, 2.05) is 48.5 Å². The van der Waals surface area contributed by atoms with E-state index in [9.17, 15) is 9.90 Å². The van der Waals surface area contributed by atoms with E-state index < -0.39 is 5.97 Å². The average molecular weight is 329 g/mol. The van der Waals surface area contributed by atoms with Gasteiger partial charge in [0, 0.05) is 23.9 Å². The standard InChI is InChI=1S/C20H15N3O2/c24-20(25)16-5-3-6-17-18(16)23-19(22-17)14-9-7-13(8-10-14)12-15-4-1-2-11-21-15/h1-11H,12H2,(H,22,23)(H,24,25). The second-order valence-corrected chi connectivity index (χ2v) is 5.79. The van der Waals surface area contributed by atoms with Gasteiger partial charge in [-0.2, -0.15) is 0 Å². The summed E-state index contributed by atoms with van der Waals surface area (Å²) < 4.78 is 0. The second kappa shape index (κ2) is 6.20. The van der Waals surface area contributed by atoms with Gasteiger partial charge in [-0.15, -0.1) is 0 Å². The highest BCUT2D eigenvalue weighted by Gasteiger charge is 2.13. The van der Waals surface area contributed by atoms with Crippen LogP contribution in [0.15, 0.2) is 66.9 Å². The third-order valence-corrected chi connectivity index (χ3v) is 4.08. The van der Waals surface area contributed by atoms with Crippen LogP contribution in [0.25, 0.3) is 22.4 Å². The minimum atomic E-state index is -0.977. The molecule has 0 atom stereocenters. The van der Waals surface area contributed by atoms with Crippen molar-refractivity contribution in [1.29, 1.82) is 0 Å². The molecule has 0 saturated heterocycles. The Kier molecular flexibility index (Phi) is 3.74. The fourth-order valence-electron chi connectivity index (χ4n) is 2.83. The van der Waals surface area contributed by atoms with Crippen LogP contribution >= 0.6 is 0 Å². The Morgan fingerprint density at radius 3 is 2.56 bits per heavy atom. The lowest BCUT2D eigenvalue weighted by atomic mass is 10.1. The molecule has 2 aromatic carbocycles. The summed E-state index contributed by atoms with van der Waals surface area (Å²) in [4.78, 5) is 23.3. The zero-order valence-electron chi connectivity index (χ0n) is 13.3. The summed E-state index contributed by atoms with van der Waals surface area (Å²) in [7, 11) is 0. The van der Waals surface area contributed by atoms with Gasteiger partial charge in [0.05, 0.1) is 11.1 Å². The molecule has 0 unspecified atom stereocenters. The van der Waals surface area contributed by atoms with Crippen LogP contribution in [-0.4, -0.2) is 26.0 Å². The van der Waals surface area contributed by atoms with Crippen molar-refractivity contribution in [2.24, 2.45) is 0 Å². The number of para-hydroxylation sites is 1. The Morgan fingerprint density at radius 2 is 1.84 bits per heavy atom.